The van der Waals surface area contributed by atoms with Crippen LogP contribution in [-0.2, 0) is 6.42 Å². The monoisotopic (exact) mass is 377 g/mol. The fourth-order valence-corrected chi connectivity index (χ4v) is 3.09. The average molecular weight is 377 g/mol. The van der Waals surface area contributed by atoms with Crippen molar-refractivity contribution in [1.82, 2.24) is 14.8 Å². The van der Waals surface area contributed by atoms with Crippen LogP contribution < -0.4 is 4.74 Å². The van der Waals surface area contributed by atoms with Gasteiger partial charge in [-0.05, 0) is 37.5 Å². The van der Waals surface area contributed by atoms with E-state index in [1.165, 1.54) is 35.9 Å². The zero-order valence-corrected chi connectivity index (χ0v) is 16.6. The molecule has 5 heteroatoms. The van der Waals surface area contributed by atoms with Crippen LogP contribution in [-0.4, -0.2) is 27.3 Å². The van der Waals surface area contributed by atoms with Gasteiger partial charge in [0.25, 0.3) is 5.91 Å². The highest BCUT2D eigenvalue weighted by molar-refractivity contribution is 5.97. The number of hydrogen-bond acceptors (Lipinski definition) is 4. The predicted octanol–water partition coefficient (Wildman–Crippen LogP) is 5.16. The van der Waals surface area contributed by atoms with E-state index >= 15 is 0 Å². The molecule has 0 N–H and O–H groups in total. The van der Waals surface area contributed by atoms with E-state index in [1.807, 2.05) is 61.5 Å². The molecule has 28 heavy (non-hydrogen) atoms. The number of nitrogens with zero attached hydrogens (tertiary/aromatic N) is 3. The van der Waals surface area contributed by atoms with E-state index in [0.717, 1.165) is 12.0 Å². The number of benzene rings is 2. The summed E-state index contributed by atoms with van der Waals surface area (Å²) in [6.45, 7) is 4.52. The third-order valence-electron chi connectivity index (χ3n) is 4.61. The average Bonchev–Trinajstić information content (AvgIpc) is 3.16. The number of hydrogen-bond donors (Lipinski definition) is 0. The summed E-state index contributed by atoms with van der Waals surface area (Å²) in [5.74, 6) is 0.271. The molecule has 0 saturated carbocycles. The smallest absolute Gasteiger partial charge is 0.336 e. The summed E-state index contributed by atoms with van der Waals surface area (Å²) in [6, 6.07) is 17.6. The molecular weight excluding hydrogens is 350 g/mol. The zero-order valence-electron chi connectivity index (χ0n) is 16.6. The maximum absolute atomic E-state index is 13.1. The van der Waals surface area contributed by atoms with E-state index in [9.17, 15) is 4.79 Å². The lowest BCUT2D eigenvalue weighted by Crippen LogP contribution is -2.15. The van der Waals surface area contributed by atoms with E-state index < -0.39 is 0 Å². The first-order chi connectivity index (χ1) is 13.7. The van der Waals surface area contributed by atoms with Gasteiger partial charge in [-0.15, -0.1) is 5.10 Å². The lowest BCUT2D eigenvalue weighted by Gasteiger charge is -2.06. The Labute approximate surface area is 166 Å². The van der Waals surface area contributed by atoms with Crippen molar-refractivity contribution in [3.8, 4) is 17.4 Å². The Morgan fingerprint density at radius 1 is 0.964 bits per heavy atom. The van der Waals surface area contributed by atoms with Crippen LogP contribution in [0.1, 0.15) is 55.5 Å². The molecule has 0 fully saturated rings. The van der Waals surface area contributed by atoms with Crippen molar-refractivity contribution < 1.29 is 9.53 Å². The van der Waals surface area contributed by atoms with Gasteiger partial charge < -0.3 is 4.74 Å². The van der Waals surface area contributed by atoms with Crippen molar-refractivity contribution in [2.75, 3.05) is 6.61 Å². The minimum Gasteiger partial charge on any atom is -0.463 e. The Morgan fingerprint density at radius 3 is 2.39 bits per heavy atom. The second kappa shape index (κ2) is 9.83. The van der Waals surface area contributed by atoms with Crippen LogP contribution in [0.4, 0.5) is 0 Å². The lowest BCUT2D eigenvalue weighted by molar-refractivity contribution is 0.0945. The summed E-state index contributed by atoms with van der Waals surface area (Å²) in [5.41, 5.74) is 2.66. The molecule has 0 bridgehead atoms. The van der Waals surface area contributed by atoms with Crippen molar-refractivity contribution in [3.63, 3.8) is 0 Å². The number of carbonyl (C=O) groups is 1. The summed E-state index contributed by atoms with van der Waals surface area (Å²) in [7, 11) is 0. The molecule has 0 atom stereocenters. The fourth-order valence-electron chi connectivity index (χ4n) is 3.09. The van der Waals surface area contributed by atoms with E-state index in [4.69, 9.17) is 4.74 Å². The first-order valence-corrected chi connectivity index (χ1v) is 10.0. The van der Waals surface area contributed by atoms with Crippen LogP contribution in [0, 0.1) is 0 Å². The molecule has 2 aromatic carbocycles. The molecule has 1 heterocycles. The first kappa shape index (κ1) is 19.8. The second-order valence-electron chi connectivity index (χ2n) is 6.74. The van der Waals surface area contributed by atoms with E-state index in [-0.39, 0.29) is 11.9 Å². The molecule has 0 spiro atoms. The number of aromatic nitrogens is 3. The number of aryl methyl sites for hydroxylation is 1. The Kier molecular flexibility index (Phi) is 6.95. The largest absolute Gasteiger partial charge is 0.463 e. The van der Waals surface area contributed by atoms with Crippen LogP contribution in [0.15, 0.2) is 54.6 Å². The maximum atomic E-state index is 13.1. The third kappa shape index (κ3) is 4.85. The molecule has 1 aromatic heterocycles. The topological polar surface area (TPSA) is 57.0 Å². The number of unbranched alkanes of at least 4 members (excludes halogenated alkanes) is 3. The highest BCUT2D eigenvalue weighted by Crippen LogP contribution is 2.21. The van der Waals surface area contributed by atoms with Crippen LogP contribution in [0.2, 0.25) is 0 Å². The van der Waals surface area contributed by atoms with E-state index in [1.54, 1.807) is 0 Å². The van der Waals surface area contributed by atoms with Gasteiger partial charge in [0.2, 0.25) is 0 Å². The van der Waals surface area contributed by atoms with Gasteiger partial charge in [-0.25, -0.2) is 0 Å². The molecule has 0 aliphatic heterocycles. The number of ether oxygens (including phenoxy) is 1. The standard InChI is InChI=1S/C23H27N3O2/c1-3-5-6-8-11-18-14-16-20(17-15-18)22(27)26-21(19-12-9-7-10-13-19)24-23(25-26)28-4-2/h7,9-10,12-17H,3-6,8,11H2,1-2H3. The Bertz CT molecular complexity index is 886. The number of carbonyl (C=O) groups excluding carboxylic acids is 1. The SMILES string of the molecule is CCCCCCc1ccc(C(=O)n2nc(OCC)nc2-c2ccccc2)cc1. The second-order valence-corrected chi connectivity index (χ2v) is 6.74. The van der Waals surface area contributed by atoms with Gasteiger partial charge in [-0.1, -0.05) is 68.7 Å². The van der Waals surface area contributed by atoms with Gasteiger partial charge in [0.15, 0.2) is 5.82 Å². The van der Waals surface area contributed by atoms with Crippen molar-refractivity contribution in [3.05, 3.63) is 65.7 Å². The van der Waals surface area contributed by atoms with Gasteiger partial charge >= 0.3 is 6.01 Å². The van der Waals surface area contributed by atoms with Gasteiger partial charge in [0, 0.05) is 11.1 Å². The summed E-state index contributed by atoms with van der Waals surface area (Å²) >= 11 is 0. The Morgan fingerprint density at radius 2 is 1.71 bits per heavy atom. The molecule has 5 nitrogen and oxygen atoms in total. The Balaban J connectivity index is 1.81. The molecule has 146 valence electrons. The minimum atomic E-state index is -0.213. The van der Waals surface area contributed by atoms with Crippen molar-refractivity contribution in [1.29, 1.82) is 0 Å². The van der Waals surface area contributed by atoms with Gasteiger partial charge in [-0.2, -0.15) is 9.67 Å². The van der Waals surface area contributed by atoms with Gasteiger partial charge in [-0.3, -0.25) is 4.79 Å². The van der Waals surface area contributed by atoms with Gasteiger partial charge in [0.05, 0.1) is 6.61 Å². The normalized spacial score (nSPS) is 10.8. The zero-order chi connectivity index (χ0) is 19.8. The lowest BCUT2D eigenvalue weighted by atomic mass is 10.0. The fraction of sp³-hybridized carbons (Fsp3) is 0.348. The van der Waals surface area contributed by atoms with Crippen LogP contribution in [0.5, 0.6) is 6.01 Å². The molecule has 0 amide bonds. The first-order valence-electron chi connectivity index (χ1n) is 10.0. The molecule has 0 unspecified atom stereocenters. The molecule has 0 saturated heterocycles. The van der Waals surface area contributed by atoms with Crippen LogP contribution >= 0.6 is 0 Å². The molecule has 0 radical (unpaired) electrons. The summed E-state index contributed by atoms with van der Waals surface area (Å²) in [6.07, 6.45) is 5.98. The van der Waals surface area contributed by atoms with E-state index in [2.05, 4.69) is 17.0 Å². The highest BCUT2D eigenvalue weighted by atomic mass is 16.5. The summed E-state index contributed by atoms with van der Waals surface area (Å²) in [4.78, 5) is 17.5. The number of rotatable bonds is 9. The minimum absolute atomic E-state index is 0.210. The molecular formula is C23H27N3O2. The quantitative estimate of drug-likeness (QED) is 0.484. The van der Waals surface area contributed by atoms with Crippen molar-refractivity contribution in [2.24, 2.45) is 0 Å². The molecule has 3 aromatic rings. The highest BCUT2D eigenvalue weighted by Gasteiger charge is 2.19. The molecule has 3 rings (SSSR count). The van der Waals surface area contributed by atoms with Gasteiger partial charge in [0.1, 0.15) is 0 Å². The molecule has 0 aliphatic carbocycles. The summed E-state index contributed by atoms with van der Waals surface area (Å²) < 4.78 is 6.75. The van der Waals surface area contributed by atoms with Crippen LogP contribution in [0.3, 0.4) is 0 Å². The van der Waals surface area contributed by atoms with Crippen molar-refractivity contribution in [2.45, 2.75) is 46.0 Å². The van der Waals surface area contributed by atoms with Crippen LogP contribution in [0.25, 0.3) is 11.4 Å². The Hall–Kier alpha value is -2.95. The maximum Gasteiger partial charge on any atom is 0.336 e. The third-order valence-corrected chi connectivity index (χ3v) is 4.61. The predicted molar refractivity (Wildman–Crippen MR) is 111 cm³/mol. The van der Waals surface area contributed by atoms with Crippen molar-refractivity contribution >= 4 is 5.91 Å². The summed E-state index contributed by atoms with van der Waals surface area (Å²) in [5, 5.41) is 4.28. The molecule has 0 aliphatic rings. The van der Waals surface area contributed by atoms with E-state index in [0.29, 0.717) is 18.0 Å².